The molecule has 18 heavy (non-hydrogen) atoms. The van der Waals surface area contributed by atoms with Crippen molar-refractivity contribution in [2.75, 3.05) is 0 Å². The van der Waals surface area contributed by atoms with Crippen LogP contribution in [0.2, 0.25) is 5.02 Å². The lowest BCUT2D eigenvalue weighted by Gasteiger charge is -2.15. The minimum absolute atomic E-state index is 0.0821. The van der Waals surface area contributed by atoms with Gasteiger partial charge >= 0.3 is 0 Å². The minimum Gasteiger partial charge on any atom is -0.276 e. The molecule has 0 aliphatic rings. The zero-order valence-corrected chi connectivity index (χ0v) is 10.9. The third kappa shape index (κ3) is 2.38. The standard InChI is InChI=1S/C13H13ClF2N2/c1-3-9(8-6-17-18(2)7-8)10-4-12(15)13(16)5-11(10)14/h4-7,9H,3H2,1-2H3/t9-/m0/s1. The molecule has 0 aliphatic carbocycles. The SMILES string of the molecule is CC[C@@H](c1cnn(C)c1)c1cc(F)c(F)cc1Cl. The van der Waals surface area contributed by atoms with Gasteiger partial charge in [0, 0.05) is 24.2 Å². The van der Waals surface area contributed by atoms with Crippen LogP contribution in [-0.2, 0) is 7.05 Å². The van der Waals surface area contributed by atoms with Crippen molar-refractivity contribution < 1.29 is 8.78 Å². The van der Waals surface area contributed by atoms with Gasteiger partial charge in [0.05, 0.1) is 6.20 Å². The molecule has 0 radical (unpaired) electrons. The molecule has 5 heteroatoms. The smallest absolute Gasteiger partial charge is 0.160 e. The zero-order valence-electron chi connectivity index (χ0n) is 10.1. The Hall–Kier alpha value is -1.42. The number of halogens is 3. The first kappa shape index (κ1) is 13.0. The summed E-state index contributed by atoms with van der Waals surface area (Å²) in [5.41, 5.74) is 1.53. The van der Waals surface area contributed by atoms with Crippen LogP contribution < -0.4 is 0 Å². The Morgan fingerprint density at radius 2 is 2.00 bits per heavy atom. The molecule has 1 aromatic carbocycles. The Balaban J connectivity index is 2.48. The van der Waals surface area contributed by atoms with Crippen LogP contribution in [0, 0.1) is 11.6 Å². The van der Waals surface area contributed by atoms with Gasteiger partial charge in [-0.05, 0) is 29.7 Å². The fourth-order valence-corrected chi connectivity index (χ4v) is 2.34. The maximum atomic E-state index is 13.3. The molecule has 1 heterocycles. The van der Waals surface area contributed by atoms with Gasteiger partial charge in [0.25, 0.3) is 0 Å². The van der Waals surface area contributed by atoms with Crippen molar-refractivity contribution in [2.24, 2.45) is 7.05 Å². The molecule has 0 aliphatic heterocycles. The van der Waals surface area contributed by atoms with Crippen LogP contribution in [0.5, 0.6) is 0 Å². The van der Waals surface area contributed by atoms with E-state index in [2.05, 4.69) is 5.10 Å². The first-order valence-electron chi connectivity index (χ1n) is 5.66. The lowest BCUT2D eigenvalue weighted by Crippen LogP contribution is -2.01. The molecular weight excluding hydrogens is 258 g/mol. The average Bonchev–Trinajstić information content (AvgIpc) is 2.73. The van der Waals surface area contributed by atoms with E-state index in [1.165, 1.54) is 6.07 Å². The molecule has 1 aromatic heterocycles. The van der Waals surface area contributed by atoms with Crippen molar-refractivity contribution in [3.63, 3.8) is 0 Å². The van der Waals surface area contributed by atoms with Gasteiger partial charge in [-0.3, -0.25) is 4.68 Å². The number of nitrogens with zero attached hydrogens (tertiary/aromatic N) is 2. The van der Waals surface area contributed by atoms with Gasteiger partial charge in [0.2, 0.25) is 0 Å². The van der Waals surface area contributed by atoms with Crippen LogP contribution >= 0.6 is 11.6 Å². The van der Waals surface area contributed by atoms with Crippen molar-refractivity contribution in [3.8, 4) is 0 Å². The van der Waals surface area contributed by atoms with Gasteiger partial charge in [-0.25, -0.2) is 8.78 Å². The zero-order chi connectivity index (χ0) is 13.3. The number of hydrogen-bond acceptors (Lipinski definition) is 1. The number of aromatic nitrogens is 2. The fourth-order valence-electron chi connectivity index (χ4n) is 2.06. The molecule has 1 atom stereocenters. The molecule has 0 N–H and O–H groups in total. The normalized spacial score (nSPS) is 12.7. The van der Waals surface area contributed by atoms with Crippen molar-refractivity contribution >= 4 is 11.6 Å². The number of hydrogen-bond donors (Lipinski definition) is 0. The summed E-state index contributed by atoms with van der Waals surface area (Å²) in [6.07, 6.45) is 4.30. The van der Waals surface area contributed by atoms with E-state index in [0.29, 0.717) is 5.56 Å². The van der Waals surface area contributed by atoms with Crippen molar-refractivity contribution in [1.29, 1.82) is 0 Å². The molecular formula is C13H13ClF2N2. The van der Waals surface area contributed by atoms with Crippen LogP contribution in [0.4, 0.5) is 8.78 Å². The fraction of sp³-hybridized carbons (Fsp3) is 0.308. The van der Waals surface area contributed by atoms with Crippen molar-refractivity contribution in [3.05, 3.63) is 52.3 Å². The molecule has 2 nitrogen and oxygen atoms in total. The highest BCUT2D eigenvalue weighted by Gasteiger charge is 2.19. The van der Waals surface area contributed by atoms with Crippen LogP contribution in [0.3, 0.4) is 0 Å². The largest absolute Gasteiger partial charge is 0.276 e. The number of rotatable bonds is 3. The van der Waals surface area contributed by atoms with E-state index in [1.54, 1.807) is 10.9 Å². The number of aryl methyl sites for hydroxylation is 1. The molecule has 0 bridgehead atoms. The van der Waals surface area contributed by atoms with E-state index in [9.17, 15) is 8.78 Å². The van der Waals surface area contributed by atoms with Gasteiger partial charge in [-0.15, -0.1) is 0 Å². The predicted molar refractivity (Wildman–Crippen MR) is 66.7 cm³/mol. The molecule has 0 fully saturated rings. The topological polar surface area (TPSA) is 17.8 Å². The Morgan fingerprint density at radius 3 is 2.56 bits per heavy atom. The van der Waals surface area contributed by atoms with Gasteiger partial charge in [-0.1, -0.05) is 18.5 Å². The first-order chi connectivity index (χ1) is 8.52. The maximum Gasteiger partial charge on any atom is 0.160 e. The van der Waals surface area contributed by atoms with Crippen LogP contribution in [0.25, 0.3) is 0 Å². The van der Waals surface area contributed by atoms with E-state index in [-0.39, 0.29) is 10.9 Å². The highest BCUT2D eigenvalue weighted by atomic mass is 35.5. The van der Waals surface area contributed by atoms with Gasteiger partial charge in [0.1, 0.15) is 0 Å². The summed E-state index contributed by atoms with van der Waals surface area (Å²) in [4.78, 5) is 0. The number of benzene rings is 1. The minimum atomic E-state index is -0.926. The van der Waals surface area contributed by atoms with E-state index in [4.69, 9.17) is 11.6 Å². The molecule has 0 saturated heterocycles. The predicted octanol–water partition coefficient (Wildman–Crippen LogP) is 3.89. The van der Waals surface area contributed by atoms with Gasteiger partial charge < -0.3 is 0 Å². The maximum absolute atomic E-state index is 13.3. The van der Waals surface area contributed by atoms with Crippen LogP contribution in [0.1, 0.15) is 30.4 Å². The highest BCUT2D eigenvalue weighted by Crippen LogP contribution is 2.33. The molecule has 0 spiro atoms. The summed E-state index contributed by atoms with van der Waals surface area (Å²) in [5.74, 6) is -1.89. The Morgan fingerprint density at radius 1 is 1.33 bits per heavy atom. The lowest BCUT2D eigenvalue weighted by molar-refractivity contribution is 0.506. The summed E-state index contributed by atoms with van der Waals surface area (Å²) in [6, 6.07) is 2.18. The average molecular weight is 271 g/mol. The van der Waals surface area contributed by atoms with Crippen LogP contribution in [-0.4, -0.2) is 9.78 Å². The van der Waals surface area contributed by atoms with E-state index >= 15 is 0 Å². The quantitative estimate of drug-likeness (QED) is 0.774. The molecule has 96 valence electrons. The summed E-state index contributed by atoms with van der Waals surface area (Å²) in [7, 11) is 1.81. The first-order valence-corrected chi connectivity index (χ1v) is 6.03. The third-order valence-corrected chi connectivity index (χ3v) is 3.28. The van der Waals surface area contributed by atoms with Crippen LogP contribution in [0.15, 0.2) is 24.5 Å². The second kappa shape index (κ2) is 5.06. The van der Waals surface area contributed by atoms with Crippen molar-refractivity contribution in [1.82, 2.24) is 9.78 Å². The molecule has 0 unspecified atom stereocenters. The monoisotopic (exact) mass is 270 g/mol. The second-order valence-electron chi connectivity index (χ2n) is 4.20. The Labute approximate surface area is 109 Å². The molecule has 0 amide bonds. The lowest BCUT2D eigenvalue weighted by atomic mass is 9.91. The second-order valence-corrected chi connectivity index (χ2v) is 4.60. The summed E-state index contributed by atoms with van der Waals surface area (Å²) < 4.78 is 28.1. The Bertz CT molecular complexity index is 566. The molecule has 2 aromatic rings. The molecule has 2 rings (SSSR count). The molecule has 0 saturated carbocycles. The third-order valence-electron chi connectivity index (χ3n) is 2.95. The van der Waals surface area contributed by atoms with Crippen molar-refractivity contribution in [2.45, 2.75) is 19.3 Å². The van der Waals surface area contributed by atoms with Gasteiger partial charge in [-0.2, -0.15) is 5.10 Å². The van der Waals surface area contributed by atoms with Gasteiger partial charge in [0.15, 0.2) is 11.6 Å². The van der Waals surface area contributed by atoms with E-state index in [0.717, 1.165) is 18.1 Å². The van der Waals surface area contributed by atoms with E-state index < -0.39 is 11.6 Å². The summed E-state index contributed by atoms with van der Waals surface area (Å²) >= 11 is 6.00. The summed E-state index contributed by atoms with van der Waals surface area (Å²) in [5, 5.41) is 4.33. The Kier molecular flexibility index (Phi) is 3.66. The summed E-state index contributed by atoms with van der Waals surface area (Å²) in [6.45, 7) is 1.97. The highest BCUT2D eigenvalue weighted by molar-refractivity contribution is 6.31. The van der Waals surface area contributed by atoms with E-state index in [1.807, 2.05) is 20.2 Å².